The summed E-state index contributed by atoms with van der Waals surface area (Å²) in [6, 6.07) is 3.62. The third kappa shape index (κ3) is 3.26. The van der Waals surface area contributed by atoms with Crippen molar-refractivity contribution in [1.29, 1.82) is 0 Å². The van der Waals surface area contributed by atoms with Crippen LogP contribution in [-0.2, 0) is 6.54 Å². The number of rotatable bonds is 5. The normalized spacial score (nSPS) is 16.9. The zero-order valence-electron chi connectivity index (χ0n) is 11.7. The first-order valence-corrected chi connectivity index (χ1v) is 7.07. The van der Waals surface area contributed by atoms with Crippen LogP contribution in [0.5, 0.6) is 0 Å². The van der Waals surface area contributed by atoms with Crippen LogP contribution in [0.15, 0.2) is 27.3 Å². The molecule has 0 radical (unpaired) electrons. The molecular weight excluding hydrogens is 256 g/mol. The summed E-state index contributed by atoms with van der Waals surface area (Å²) in [5.74, 6) is 2.52. The molecular formula is C14H20N4O2. The molecule has 20 heavy (non-hydrogen) atoms. The van der Waals surface area contributed by atoms with Gasteiger partial charge in [-0.05, 0) is 51.0 Å². The Labute approximate surface area is 118 Å². The van der Waals surface area contributed by atoms with Gasteiger partial charge in [0.15, 0.2) is 11.6 Å². The minimum absolute atomic E-state index is 0.445. The maximum Gasteiger partial charge on any atom is 0.293 e. The SMILES string of the molecule is CN(Cc1noc(-c2ccco2)n1)CC1CCNCC1. The van der Waals surface area contributed by atoms with Gasteiger partial charge in [-0.25, -0.2) is 0 Å². The molecule has 0 aliphatic carbocycles. The van der Waals surface area contributed by atoms with Crippen molar-refractivity contribution in [3.8, 4) is 11.7 Å². The Balaban J connectivity index is 1.54. The molecule has 0 bridgehead atoms. The maximum absolute atomic E-state index is 5.24. The van der Waals surface area contributed by atoms with E-state index in [9.17, 15) is 0 Å². The predicted molar refractivity (Wildman–Crippen MR) is 73.9 cm³/mol. The lowest BCUT2D eigenvalue weighted by atomic mass is 9.98. The van der Waals surface area contributed by atoms with Crippen LogP contribution in [0.1, 0.15) is 18.7 Å². The minimum atomic E-state index is 0.445. The zero-order chi connectivity index (χ0) is 13.8. The summed E-state index contributed by atoms with van der Waals surface area (Å²) in [7, 11) is 2.10. The minimum Gasteiger partial charge on any atom is -0.459 e. The molecule has 1 saturated heterocycles. The van der Waals surface area contributed by atoms with E-state index < -0.39 is 0 Å². The smallest absolute Gasteiger partial charge is 0.293 e. The summed E-state index contributed by atoms with van der Waals surface area (Å²) < 4.78 is 10.5. The highest BCUT2D eigenvalue weighted by Crippen LogP contribution is 2.18. The summed E-state index contributed by atoms with van der Waals surface area (Å²) in [5, 5.41) is 7.39. The molecule has 0 spiro atoms. The summed E-state index contributed by atoms with van der Waals surface area (Å²) in [6.45, 7) is 4.03. The number of furan rings is 1. The Morgan fingerprint density at radius 3 is 3.00 bits per heavy atom. The van der Waals surface area contributed by atoms with Crippen molar-refractivity contribution >= 4 is 0 Å². The molecule has 0 atom stereocenters. The Morgan fingerprint density at radius 2 is 2.25 bits per heavy atom. The fourth-order valence-electron chi connectivity index (χ4n) is 2.63. The van der Waals surface area contributed by atoms with Crippen molar-refractivity contribution in [2.24, 2.45) is 5.92 Å². The van der Waals surface area contributed by atoms with Crippen LogP contribution in [-0.4, -0.2) is 41.7 Å². The van der Waals surface area contributed by atoms with E-state index >= 15 is 0 Å². The van der Waals surface area contributed by atoms with Gasteiger partial charge in [-0.15, -0.1) is 0 Å². The molecule has 6 nitrogen and oxygen atoms in total. The molecule has 3 heterocycles. The van der Waals surface area contributed by atoms with Gasteiger partial charge in [0, 0.05) is 6.54 Å². The average molecular weight is 276 g/mol. The lowest BCUT2D eigenvalue weighted by Gasteiger charge is -2.26. The number of nitrogens with zero attached hydrogens (tertiary/aromatic N) is 3. The second kappa shape index (κ2) is 6.19. The highest BCUT2D eigenvalue weighted by Gasteiger charge is 2.17. The van der Waals surface area contributed by atoms with Gasteiger partial charge in [-0.3, -0.25) is 4.90 Å². The van der Waals surface area contributed by atoms with Gasteiger partial charge < -0.3 is 14.3 Å². The van der Waals surface area contributed by atoms with Gasteiger partial charge in [-0.2, -0.15) is 4.98 Å². The number of aromatic nitrogens is 2. The molecule has 1 fully saturated rings. The van der Waals surface area contributed by atoms with Crippen molar-refractivity contribution in [3.63, 3.8) is 0 Å². The lowest BCUT2D eigenvalue weighted by Crippen LogP contribution is -2.34. The van der Waals surface area contributed by atoms with E-state index in [0.29, 0.717) is 24.0 Å². The first kappa shape index (κ1) is 13.3. The quantitative estimate of drug-likeness (QED) is 0.897. The van der Waals surface area contributed by atoms with E-state index in [1.54, 1.807) is 6.26 Å². The highest BCUT2D eigenvalue weighted by molar-refractivity contribution is 5.42. The Bertz CT molecular complexity index is 517. The number of hydrogen-bond donors (Lipinski definition) is 1. The van der Waals surface area contributed by atoms with Crippen LogP contribution in [0.3, 0.4) is 0 Å². The van der Waals surface area contributed by atoms with Crippen molar-refractivity contribution < 1.29 is 8.94 Å². The van der Waals surface area contributed by atoms with E-state index in [1.807, 2.05) is 12.1 Å². The topological polar surface area (TPSA) is 67.3 Å². The van der Waals surface area contributed by atoms with Crippen molar-refractivity contribution in [1.82, 2.24) is 20.4 Å². The predicted octanol–water partition coefficient (Wildman–Crippen LogP) is 1.76. The van der Waals surface area contributed by atoms with Crippen LogP contribution in [0.4, 0.5) is 0 Å². The van der Waals surface area contributed by atoms with Gasteiger partial charge in [0.1, 0.15) is 0 Å². The Morgan fingerprint density at radius 1 is 1.40 bits per heavy atom. The van der Waals surface area contributed by atoms with E-state index in [4.69, 9.17) is 8.94 Å². The standard InChI is InChI=1S/C14H20N4O2/c1-18(9-11-4-6-15-7-5-11)10-13-16-14(20-17-13)12-3-2-8-19-12/h2-3,8,11,15H,4-7,9-10H2,1H3. The first-order chi connectivity index (χ1) is 9.81. The van der Waals surface area contributed by atoms with Crippen molar-refractivity contribution in [2.45, 2.75) is 19.4 Å². The highest BCUT2D eigenvalue weighted by atomic mass is 16.5. The average Bonchev–Trinajstić information content (AvgIpc) is 3.10. The van der Waals surface area contributed by atoms with E-state index in [1.165, 1.54) is 12.8 Å². The third-order valence-corrected chi connectivity index (χ3v) is 3.64. The molecule has 1 N–H and O–H groups in total. The molecule has 0 saturated carbocycles. The molecule has 2 aromatic heterocycles. The second-order valence-electron chi connectivity index (χ2n) is 5.38. The largest absolute Gasteiger partial charge is 0.459 e. The van der Waals surface area contributed by atoms with E-state index in [-0.39, 0.29) is 0 Å². The van der Waals surface area contributed by atoms with Gasteiger partial charge in [-0.1, -0.05) is 5.16 Å². The number of piperidine rings is 1. The molecule has 1 aliphatic heterocycles. The summed E-state index contributed by atoms with van der Waals surface area (Å²) >= 11 is 0. The molecule has 0 aromatic carbocycles. The zero-order valence-corrected chi connectivity index (χ0v) is 11.7. The Kier molecular flexibility index (Phi) is 4.13. The van der Waals surface area contributed by atoms with Crippen LogP contribution < -0.4 is 5.32 Å². The fourth-order valence-corrected chi connectivity index (χ4v) is 2.63. The summed E-state index contributed by atoms with van der Waals surface area (Å²) in [5.41, 5.74) is 0. The van der Waals surface area contributed by atoms with E-state index in [0.717, 1.165) is 25.6 Å². The molecule has 6 heteroatoms. The van der Waals surface area contributed by atoms with Gasteiger partial charge in [0.05, 0.1) is 12.8 Å². The molecule has 0 amide bonds. The summed E-state index contributed by atoms with van der Waals surface area (Å²) in [6.07, 6.45) is 4.09. The number of nitrogens with one attached hydrogen (secondary N) is 1. The van der Waals surface area contributed by atoms with Crippen LogP contribution in [0.2, 0.25) is 0 Å². The van der Waals surface area contributed by atoms with Gasteiger partial charge in [0.2, 0.25) is 0 Å². The van der Waals surface area contributed by atoms with E-state index in [2.05, 4.69) is 27.4 Å². The molecule has 3 rings (SSSR count). The van der Waals surface area contributed by atoms with Crippen molar-refractivity contribution in [3.05, 3.63) is 24.2 Å². The maximum atomic E-state index is 5.24. The fraction of sp³-hybridized carbons (Fsp3) is 0.571. The van der Waals surface area contributed by atoms with Gasteiger partial charge >= 0.3 is 0 Å². The van der Waals surface area contributed by atoms with Crippen molar-refractivity contribution in [2.75, 3.05) is 26.7 Å². The molecule has 0 unspecified atom stereocenters. The molecule has 2 aromatic rings. The Hall–Kier alpha value is -1.66. The van der Waals surface area contributed by atoms with Crippen LogP contribution in [0, 0.1) is 5.92 Å². The van der Waals surface area contributed by atoms with Gasteiger partial charge in [0.25, 0.3) is 5.89 Å². The second-order valence-corrected chi connectivity index (χ2v) is 5.38. The first-order valence-electron chi connectivity index (χ1n) is 7.07. The third-order valence-electron chi connectivity index (χ3n) is 3.64. The summed E-state index contributed by atoms with van der Waals surface area (Å²) in [4.78, 5) is 6.62. The molecule has 108 valence electrons. The van der Waals surface area contributed by atoms with Crippen LogP contribution >= 0.6 is 0 Å². The number of hydrogen-bond acceptors (Lipinski definition) is 6. The van der Waals surface area contributed by atoms with Crippen LogP contribution in [0.25, 0.3) is 11.7 Å². The lowest BCUT2D eigenvalue weighted by molar-refractivity contribution is 0.228. The molecule has 1 aliphatic rings. The monoisotopic (exact) mass is 276 g/mol.